The Kier molecular flexibility index (Phi) is 8.01. The van der Waals surface area contributed by atoms with Crippen LogP contribution in [-0.4, -0.2) is 15.0 Å². The SMILES string of the molecule is c1ccc(-c2cccc(-c3nc(-c4ccccc4)c(-c4ccc(-c5nc6ccccc6c6c5ccc5c7ccccc7sc56)cc4)c(-c4ccccc4)n3)c2)cc1. The van der Waals surface area contributed by atoms with E-state index in [-0.39, 0.29) is 0 Å². The third-order valence-corrected chi connectivity index (χ3v) is 12.1. The highest BCUT2D eigenvalue weighted by atomic mass is 32.1. The molecule has 3 aromatic heterocycles. The van der Waals surface area contributed by atoms with Gasteiger partial charge < -0.3 is 0 Å². The summed E-state index contributed by atoms with van der Waals surface area (Å²) in [6.07, 6.45) is 0. The van der Waals surface area contributed by atoms with Gasteiger partial charge in [-0.3, -0.25) is 0 Å². The van der Waals surface area contributed by atoms with E-state index < -0.39 is 0 Å². The van der Waals surface area contributed by atoms with Gasteiger partial charge in [0.1, 0.15) is 0 Å². The molecule has 0 aliphatic carbocycles. The van der Waals surface area contributed by atoms with Gasteiger partial charge in [-0.1, -0.05) is 182 Å². The normalized spacial score (nSPS) is 11.5. The van der Waals surface area contributed by atoms with Crippen molar-refractivity contribution >= 4 is 53.2 Å². The molecule has 3 nitrogen and oxygen atoms in total. The Hall–Kier alpha value is -7.27. The summed E-state index contributed by atoms with van der Waals surface area (Å²) in [7, 11) is 0. The van der Waals surface area contributed by atoms with Gasteiger partial charge in [0.15, 0.2) is 5.82 Å². The Balaban J connectivity index is 1.11. The van der Waals surface area contributed by atoms with Gasteiger partial charge in [-0.2, -0.15) is 0 Å². The number of benzene rings is 8. The van der Waals surface area contributed by atoms with Crippen molar-refractivity contribution in [3.8, 4) is 67.4 Å². The number of pyridine rings is 1. The molecule has 0 amide bonds. The van der Waals surface area contributed by atoms with E-state index in [1.54, 1.807) is 0 Å². The molecule has 0 aliphatic rings. The Bertz CT molecular complexity index is 3200. The molecule has 0 unspecified atom stereocenters. The number of rotatable bonds is 6. The van der Waals surface area contributed by atoms with Gasteiger partial charge in [-0.25, -0.2) is 15.0 Å². The Morgan fingerprint density at radius 1 is 0.316 bits per heavy atom. The van der Waals surface area contributed by atoms with Crippen LogP contribution >= 0.6 is 11.3 Å². The minimum Gasteiger partial charge on any atom is -0.247 e. The van der Waals surface area contributed by atoms with Gasteiger partial charge in [-0.05, 0) is 34.9 Å². The quantitative estimate of drug-likeness (QED) is 0.159. The second kappa shape index (κ2) is 13.8. The van der Waals surface area contributed by atoms with Gasteiger partial charge in [0.2, 0.25) is 0 Å². The third kappa shape index (κ3) is 5.78. The zero-order valence-electron chi connectivity index (χ0n) is 30.8. The Morgan fingerprint density at radius 3 is 1.54 bits per heavy atom. The molecule has 0 saturated heterocycles. The molecule has 266 valence electrons. The van der Waals surface area contributed by atoms with E-state index in [0.717, 1.165) is 72.5 Å². The molecule has 0 aliphatic heterocycles. The number of hydrogen-bond donors (Lipinski definition) is 0. The number of aromatic nitrogens is 3. The van der Waals surface area contributed by atoms with Crippen LogP contribution in [0.4, 0.5) is 0 Å². The van der Waals surface area contributed by atoms with Crippen LogP contribution in [0.15, 0.2) is 200 Å². The highest BCUT2D eigenvalue weighted by Gasteiger charge is 2.21. The third-order valence-electron chi connectivity index (χ3n) is 10.9. The minimum atomic E-state index is 0.685. The summed E-state index contributed by atoms with van der Waals surface area (Å²) in [4.78, 5) is 16.1. The zero-order chi connectivity index (χ0) is 37.7. The van der Waals surface area contributed by atoms with Gasteiger partial charge >= 0.3 is 0 Å². The fourth-order valence-electron chi connectivity index (χ4n) is 8.17. The van der Waals surface area contributed by atoms with Gasteiger partial charge in [0, 0.05) is 64.1 Å². The van der Waals surface area contributed by atoms with Crippen molar-refractivity contribution in [2.24, 2.45) is 0 Å². The summed E-state index contributed by atoms with van der Waals surface area (Å²) in [5.74, 6) is 0.685. The smallest absolute Gasteiger partial charge is 0.160 e. The summed E-state index contributed by atoms with van der Waals surface area (Å²) < 4.78 is 2.60. The van der Waals surface area contributed by atoms with Crippen LogP contribution in [0.5, 0.6) is 0 Å². The van der Waals surface area contributed by atoms with E-state index in [1.807, 2.05) is 17.4 Å². The van der Waals surface area contributed by atoms with Gasteiger partial charge in [-0.15, -0.1) is 11.3 Å². The van der Waals surface area contributed by atoms with Crippen LogP contribution in [0.3, 0.4) is 0 Å². The lowest BCUT2D eigenvalue weighted by atomic mass is 9.92. The van der Waals surface area contributed by atoms with E-state index in [9.17, 15) is 0 Å². The van der Waals surface area contributed by atoms with Crippen molar-refractivity contribution in [1.29, 1.82) is 0 Å². The highest BCUT2D eigenvalue weighted by Crippen LogP contribution is 2.45. The first kappa shape index (κ1) is 33.1. The lowest BCUT2D eigenvalue weighted by Gasteiger charge is -2.18. The number of nitrogens with zero attached hydrogens (tertiary/aromatic N) is 3. The first-order valence-corrected chi connectivity index (χ1v) is 20.0. The second-order valence-electron chi connectivity index (χ2n) is 14.3. The molecule has 0 radical (unpaired) electrons. The molecule has 4 heteroatoms. The highest BCUT2D eigenvalue weighted by molar-refractivity contribution is 7.26. The van der Waals surface area contributed by atoms with Crippen LogP contribution in [-0.2, 0) is 0 Å². The van der Waals surface area contributed by atoms with Crippen molar-refractivity contribution in [2.45, 2.75) is 0 Å². The summed E-state index contributed by atoms with van der Waals surface area (Å²) >= 11 is 1.87. The minimum absolute atomic E-state index is 0.685. The van der Waals surface area contributed by atoms with Crippen molar-refractivity contribution in [2.75, 3.05) is 0 Å². The first-order valence-electron chi connectivity index (χ1n) is 19.2. The predicted octanol–water partition coefficient (Wildman–Crippen LogP) is 14.5. The van der Waals surface area contributed by atoms with Crippen molar-refractivity contribution in [3.05, 3.63) is 200 Å². The van der Waals surface area contributed by atoms with Crippen molar-refractivity contribution in [1.82, 2.24) is 15.0 Å². The van der Waals surface area contributed by atoms with Crippen LogP contribution in [0, 0.1) is 0 Å². The molecule has 0 fully saturated rings. The van der Waals surface area contributed by atoms with Gasteiger partial charge in [0.25, 0.3) is 0 Å². The monoisotopic (exact) mass is 743 g/mol. The standard InChI is InChI=1S/C53H33N3S/c1-4-15-34(16-5-1)39-21-14-22-40(33-39)53-55-50(36-17-6-2-7-18-36)47(51(56-53)37-19-8-3-9-20-37)35-27-29-38(30-28-35)49-44-32-31-42-41-23-11-13-26-46(41)57-52(42)48(44)43-24-10-12-25-45(43)54-49/h1-33H. The molecular weight excluding hydrogens is 711 g/mol. The molecule has 0 saturated carbocycles. The van der Waals surface area contributed by atoms with E-state index >= 15 is 0 Å². The molecule has 0 N–H and O–H groups in total. The van der Waals surface area contributed by atoms with Gasteiger partial charge in [0.05, 0.1) is 22.6 Å². The Morgan fingerprint density at radius 2 is 0.842 bits per heavy atom. The molecule has 0 spiro atoms. The van der Waals surface area contributed by atoms with Crippen LogP contribution in [0.2, 0.25) is 0 Å². The fraction of sp³-hybridized carbons (Fsp3) is 0. The van der Waals surface area contributed by atoms with E-state index in [4.69, 9.17) is 15.0 Å². The maximum Gasteiger partial charge on any atom is 0.160 e. The fourth-order valence-corrected chi connectivity index (χ4v) is 9.44. The maximum atomic E-state index is 5.39. The molecule has 0 bridgehead atoms. The summed E-state index contributed by atoms with van der Waals surface area (Å²) in [6, 6.07) is 70.6. The summed E-state index contributed by atoms with van der Waals surface area (Å²) in [5, 5.41) is 6.18. The molecule has 0 atom stereocenters. The van der Waals surface area contributed by atoms with Crippen LogP contribution in [0.25, 0.3) is 109 Å². The average molecular weight is 744 g/mol. The lowest BCUT2D eigenvalue weighted by molar-refractivity contribution is 1.18. The molecule has 8 aromatic carbocycles. The number of thiophene rings is 1. The number of hydrogen-bond acceptors (Lipinski definition) is 4. The van der Waals surface area contributed by atoms with E-state index in [0.29, 0.717) is 5.82 Å². The van der Waals surface area contributed by atoms with Crippen molar-refractivity contribution in [3.63, 3.8) is 0 Å². The van der Waals surface area contributed by atoms with E-state index in [2.05, 4.69) is 194 Å². The number of fused-ring (bicyclic) bond motifs is 7. The molecule has 11 rings (SSSR count). The second-order valence-corrected chi connectivity index (χ2v) is 15.4. The largest absolute Gasteiger partial charge is 0.247 e. The first-order chi connectivity index (χ1) is 28.3. The average Bonchev–Trinajstić information content (AvgIpc) is 3.68. The van der Waals surface area contributed by atoms with Crippen LogP contribution in [0.1, 0.15) is 0 Å². The van der Waals surface area contributed by atoms with Crippen molar-refractivity contribution < 1.29 is 0 Å². The summed E-state index contributed by atoms with van der Waals surface area (Å²) in [5.41, 5.74) is 12.2. The Labute approximate surface area is 334 Å². The zero-order valence-corrected chi connectivity index (χ0v) is 31.6. The maximum absolute atomic E-state index is 5.39. The summed E-state index contributed by atoms with van der Waals surface area (Å²) in [6.45, 7) is 0. The molecular formula is C53H33N3S. The topological polar surface area (TPSA) is 38.7 Å². The lowest BCUT2D eigenvalue weighted by Crippen LogP contribution is -2.01. The van der Waals surface area contributed by atoms with E-state index in [1.165, 1.54) is 30.9 Å². The molecule has 3 heterocycles. The van der Waals surface area contributed by atoms with Crippen LogP contribution < -0.4 is 0 Å². The molecule has 57 heavy (non-hydrogen) atoms. The number of para-hydroxylation sites is 1. The molecule has 11 aromatic rings. The predicted molar refractivity (Wildman–Crippen MR) is 240 cm³/mol.